The number of benzene rings is 2. The van der Waals surface area contributed by atoms with E-state index in [1.54, 1.807) is 32.0 Å². The van der Waals surface area contributed by atoms with E-state index in [0.717, 1.165) is 11.3 Å². The van der Waals surface area contributed by atoms with Crippen molar-refractivity contribution in [1.82, 2.24) is 10.3 Å². The number of nitrogens with two attached hydrogens (primary N) is 1. The molecular formula is C29H32N6O7. The first-order valence-corrected chi connectivity index (χ1v) is 12.9. The molecule has 0 atom stereocenters. The number of ether oxygens (including phenoxy) is 2. The Bertz CT molecular complexity index is 1510. The van der Waals surface area contributed by atoms with Crippen molar-refractivity contribution in [2.24, 2.45) is 10.7 Å². The molecule has 13 nitrogen and oxygen atoms in total. The normalized spacial score (nSPS) is 11.0. The molecule has 42 heavy (non-hydrogen) atoms. The average Bonchev–Trinajstić information content (AvgIpc) is 3.34. The highest BCUT2D eigenvalue weighted by Crippen LogP contribution is 2.27. The molecule has 6 N–H and O–H groups in total. The molecule has 0 radical (unpaired) electrons. The molecule has 1 heterocycles. The highest BCUT2D eigenvalue weighted by atomic mass is 16.7. The number of primary amides is 1. The average molecular weight is 577 g/mol. The molecule has 0 fully saturated rings. The molecule has 2 aromatic carbocycles. The van der Waals surface area contributed by atoms with Gasteiger partial charge < -0.3 is 30.6 Å². The van der Waals surface area contributed by atoms with E-state index in [-0.39, 0.29) is 40.9 Å². The number of nitrogens with one attached hydrogen (secondary N) is 3. The Hall–Kier alpha value is -5.46. The number of aliphatic imine (C=N–C) groups is 1. The molecule has 0 saturated carbocycles. The number of H-pyrrole nitrogens is 1. The maximum atomic E-state index is 13.6. The van der Waals surface area contributed by atoms with Gasteiger partial charge in [-0.2, -0.15) is 0 Å². The van der Waals surface area contributed by atoms with Gasteiger partial charge in [-0.25, -0.2) is 14.7 Å². The zero-order valence-corrected chi connectivity index (χ0v) is 23.4. The minimum atomic E-state index is -1.05. The Balaban J connectivity index is 1.95. The lowest BCUT2D eigenvalue weighted by molar-refractivity contribution is -0.150. The minimum absolute atomic E-state index is 0.0465. The van der Waals surface area contributed by atoms with Crippen molar-refractivity contribution in [2.75, 3.05) is 18.2 Å². The molecule has 0 aliphatic carbocycles. The molecular weight excluding hydrogens is 544 g/mol. The fraction of sp³-hybridized carbons (Fsp3) is 0.241. The summed E-state index contributed by atoms with van der Waals surface area (Å²) in [5, 5.41) is 19.9. The predicted octanol–water partition coefficient (Wildman–Crippen LogP) is 3.32. The molecule has 220 valence electrons. The molecule has 3 rings (SSSR count). The molecule has 13 heteroatoms. The topological polar surface area (TPSA) is 200 Å². The zero-order chi connectivity index (χ0) is 30.8. The van der Waals surface area contributed by atoms with Gasteiger partial charge in [0.25, 0.3) is 5.91 Å². The number of carbonyl (C=O) groups excluding carboxylic acids is 4. The predicted molar refractivity (Wildman–Crippen MR) is 155 cm³/mol. The van der Waals surface area contributed by atoms with Gasteiger partial charge in [0.15, 0.2) is 5.84 Å². The summed E-state index contributed by atoms with van der Waals surface area (Å²) in [5.41, 5.74) is 7.78. The number of esters is 1. The van der Waals surface area contributed by atoms with Crippen molar-refractivity contribution in [3.63, 3.8) is 0 Å². The van der Waals surface area contributed by atoms with Crippen molar-refractivity contribution >= 4 is 41.7 Å². The van der Waals surface area contributed by atoms with Crippen LogP contribution in [0.4, 0.5) is 10.5 Å². The van der Waals surface area contributed by atoms with Gasteiger partial charge in [0.05, 0.1) is 23.4 Å². The minimum Gasteiger partial charge on any atom is -0.508 e. The third-order valence-electron chi connectivity index (χ3n) is 6.15. The van der Waals surface area contributed by atoms with E-state index in [0.29, 0.717) is 35.1 Å². The Kier molecular flexibility index (Phi) is 10.5. The maximum Gasteiger partial charge on any atom is 0.423 e. The number of carbonyl (C=O) groups is 4. The molecule has 0 unspecified atom stereocenters. The van der Waals surface area contributed by atoms with Crippen molar-refractivity contribution in [1.29, 1.82) is 5.41 Å². The zero-order valence-electron chi connectivity index (χ0n) is 23.4. The first kappa shape index (κ1) is 31.1. The Morgan fingerprint density at radius 1 is 1.12 bits per heavy atom. The van der Waals surface area contributed by atoms with E-state index < -0.39 is 24.8 Å². The number of hydrogen-bond acceptors (Lipinski definition) is 8. The monoisotopic (exact) mass is 576 g/mol. The molecule has 0 spiro atoms. The van der Waals surface area contributed by atoms with Crippen molar-refractivity contribution in [3.05, 3.63) is 82.2 Å². The van der Waals surface area contributed by atoms with Crippen molar-refractivity contribution < 1.29 is 33.8 Å². The number of anilines is 1. The van der Waals surface area contributed by atoms with Crippen LogP contribution in [0.3, 0.4) is 0 Å². The van der Waals surface area contributed by atoms with E-state index >= 15 is 0 Å². The number of hydrogen-bond donors (Lipinski definition) is 5. The number of phenols is 1. The number of aromatic hydroxyl groups is 1. The number of rotatable bonds is 11. The second kappa shape index (κ2) is 14.3. The van der Waals surface area contributed by atoms with Gasteiger partial charge in [0.2, 0.25) is 12.7 Å². The van der Waals surface area contributed by atoms with Crippen LogP contribution in [-0.2, 0) is 20.7 Å². The van der Waals surface area contributed by atoms with Gasteiger partial charge in [0, 0.05) is 18.3 Å². The smallest absolute Gasteiger partial charge is 0.423 e. The number of aromatic nitrogens is 1. The molecule has 0 aliphatic heterocycles. The number of phenolic OH excluding ortho intramolecular Hbond substituents is 1. The van der Waals surface area contributed by atoms with Crippen LogP contribution in [-0.4, -0.2) is 59.5 Å². The number of nitrogens with zero attached hydrogens (tertiary/aromatic N) is 2. The quantitative estimate of drug-likeness (QED) is 0.0997. The highest BCUT2D eigenvalue weighted by molar-refractivity contribution is 6.24. The van der Waals surface area contributed by atoms with Gasteiger partial charge in [0.1, 0.15) is 12.1 Å². The third kappa shape index (κ3) is 7.59. The number of aryl methyl sites for hydroxylation is 1. The lowest BCUT2D eigenvalue weighted by Crippen LogP contribution is -2.40. The van der Waals surface area contributed by atoms with Crippen LogP contribution in [0.15, 0.2) is 53.7 Å². The summed E-state index contributed by atoms with van der Waals surface area (Å²) in [5.74, 6) is -1.85. The van der Waals surface area contributed by atoms with Crippen LogP contribution in [0.25, 0.3) is 0 Å². The second-order valence-electron chi connectivity index (χ2n) is 9.13. The van der Waals surface area contributed by atoms with Gasteiger partial charge in [-0.15, -0.1) is 0 Å². The lowest BCUT2D eigenvalue weighted by Gasteiger charge is -2.25. The van der Waals surface area contributed by atoms with Crippen LogP contribution in [0.1, 0.15) is 56.4 Å². The van der Waals surface area contributed by atoms with E-state index in [2.05, 4.69) is 15.3 Å². The summed E-state index contributed by atoms with van der Waals surface area (Å²) in [4.78, 5) is 58.5. The van der Waals surface area contributed by atoms with Crippen LogP contribution in [0.5, 0.6) is 5.75 Å². The number of aromatic amines is 1. The summed E-state index contributed by atoms with van der Waals surface area (Å²) >= 11 is 0. The summed E-state index contributed by atoms with van der Waals surface area (Å²) in [7, 11) is 0. The summed E-state index contributed by atoms with van der Waals surface area (Å²) in [6.45, 7) is 4.94. The molecule has 0 aliphatic rings. The van der Waals surface area contributed by atoms with E-state index in [9.17, 15) is 24.3 Å². The van der Waals surface area contributed by atoms with Crippen LogP contribution in [0, 0.1) is 19.3 Å². The van der Waals surface area contributed by atoms with E-state index in [1.807, 2.05) is 6.92 Å². The van der Waals surface area contributed by atoms with Gasteiger partial charge in [-0.05, 0) is 61.2 Å². The van der Waals surface area contributed by atoms with Crippen LogP contribution < -0.4 is 16.0 Å². The van der Waals surface area contributed by atoms with Crippen LogP contribution >= 0.6 is 0 Å². The lowest BCUT2D eigenvalue weighted by atomic mass is 10.1. The second-order valence-corrected chi connectivity index (χ2v) is 9.13. The molecule has 3 amide bonds. The SMILES string of the molecule is CCCNC(=O)c1c[nH]c(C(=NC=N)N(C(=O)OCOC(=O)Cc2ccc(O)cc2)c2cc(C(N)=O)ccc2C)c1C. The molecule has 1 aromatic heterocycles. The van der Waals surface area contributed by atoms with Gasteiger partial charge in [-0.3, -0.25) is 19.8 Å². The molecule has 3 aromatic rings. The standard InChI is InChI=1S/C29H32N6O7/c1-4-11-32-28(39)22-14-33-25(18(22)3)27(34-15-30)35(23-13-20(26(31)38)8-5-17(23)2)29(40)42-16-41-24(37)12-19-6-9-21(36)10-7-19/h5-10,13-15,30,33,36H,4,11-12,16H2,1-3H3,(H2,31,38)(H,32,39). The summed E-state index contributed by atoms with van der Waals surface area (Å²) in [6.07, 6.45) is 1.71. The largest absolute Gasteiger partial charge is 0.508 e. The highest BCUT2D eigenvalue weighted by Gasteiger charge is 2.30. The fourth-order valence-corrected chi connectivity index (χ4v) is 3.94. The summed E-state index contributed by atoms with van der Waals surface area (Å²) < 4.78 is 10.4. The first-order valence-electron chi connectivity index (χ1n) is 12.9. The summed E-state index contributed by atoms with van der Waals surface area (Å²) in [6, 6.07) is 10.4. The van der Waals surface area contributed by atoms with Crippen LogP contribution in [0.2, 0.25) is 0 Å². The molecule has 0 bridgehead atoms. The first-order chi connectivity index (χ1) is 20.1. The van der Waals surface area contributed by atoms with Gasteiger partial charge >= 0.3 is 12.1 Å². The van der Waals surface area contributed by atoms with Crippen molar-refractivity contribution in [2.45, 2.75) is 33.6 Å². The third-order valence-corrected chi connectivity index (χ3v) is 6.15. The number of amides is 3. The Morgan fingerprint density at radius 2 is 1.83 bits per heavy atom. The van der Waals surface area contributed by atoms with E-state index in [1.165, 1.54) is 30.5 Å². The Labute approximate surface area is 241 Å². The Morgan fingerprint density at radius 3 is 2.48 bits per heavy atom. The van der Waals surface area contributed by atoms with Crippen molar-refractivity contribution in [3.8, 4) is 5.75 Å². The maximum absolute atomic E-state index is 13.6. The number of amidine groups is 1. The van der Waals surface area contributed by atoms with Gasteiger partial charge in [-0.1, -0.05) is 25.1 Å². The fourth-order valence-electron chi connectivity index (χ4n) is 3.94. The van der Waals surface area contributed by atoms with E-state index in [4.69, 9.17) is 20.6 Å². The molecule has 0 saturated heterocycles.